The molecule has 3 rings (SSSR count). The Balaban J connectivity index is 1.84. The molecule has 8 heteroatoms. The fraction of sp³-hybridized carbons (Fsp3) is 0.333. The van der Waals surface area contributed by atoms with Crippen LogP contribution in [0.4, 0.5) is 5.69 Å². The van der Waals surface area contributed by atoms with E-state index >= 15 is 0 Å². The zero-order chi connectivity index (χ0) is 27.7. The molecule has 1 atom stereocenters. The van der Waals surface area contributed by atoms with E-state index in [9.17, 15) is 18.0 Å². The van der Waals surface area contributed by atoms with Crippen LogP contribution in [-0.2, 0) is 32.6 Å². The molecule has 0 spiro atoms. The van der Waals surface area contributed by atoms with Gasteiger partial charge in [0.15, 0.2) is 0 Å². The van der Waals surface area contributed by atoms with Gasteiger partial charge in [-0.2, -0.15) is 0 Å². The Labute approximate surface area is 226 Å². The zero-order valence-electron chi connectivity index (χ0n) is 22.6. The second kappa shape index (κ2) is 13.2. The first-order chi connectivity index (χ1) is 18.1. The first kappa shape index (κ1) is 28.9. The number of sulfonamides is 1. The molecule has 0 aliphatic rings. The van der Waals surface area contributed by atoms with E-state index < -0.39 is 16.1 Å². The predicted molar refractivity (Wildman–Crippen MR) is 152 cm³/mol. The van der Waals surface area contributed by atoms with E-state index in [1.807, 2.05) is 80.6 Å². The molecule has 0 bridgehead atoms. The molecule has 38 heavy (non-hydrogen) atoms. The largest absolute Gasteiger partial charge is 0.357 e. The normalized spacial score (nSPS) is 12.0. The fourth-order valence-electron chi connectivity index (χ4n) is 4.44. The Morgan fingerprint density at radius 2 is 1.53 bits per heavy atom. The lowest BCUT2D eigenvalue weighted by atomic mass is 10.0. The van der Waals surface area contributed by atoms with E-state index in [-0.39, 0.29) is 31.3 Å². The highest BCUT2D eigenvalue weighted by molar-refractivity contribution is 7.92. The van der Waals surface area contributed by atoms with Crippen molar-refractivity contribution in [2.45, 2.75) is 45.7 Å². The maximum atomic E-state index is 13.7. The van der Waals surface area contributed by atoms with Gasteiger partial charge in [0, 0.05) is 33.0 Å². The van der Waals surface area contributed by atoms with Gasteiger partial charge < -0.3 is 10.2 Å². The molecule has 0 fully saturated rings. The number of nitrogens with one attached hydrogen (secondary N) is 1. The highest BCUT2D eigenvalue weighted by Gasteiger charge is 2.30. The van der Waals surface area contributed by atoms with Crippen molar-refractivity contribution < 1.29 is 18.0 Å². The van der Waals surface area contributed by atoms with Crippen LogP contribution in [0.5, 0.6) is 0 Å². The lowest BCUT2D eigenvalue weighted by molar-refractivity contribution is -0.141. The summed E-state index contributed by atoms with van der Waals surface area (Å²) in [6.45, 7) is 4.36. The first-order valence-electron chi connectivity index (χ1n) is 12.7. The van der Waals surface area contributed by atoms with E-state index in [1.54, 1.807) is 24.1 Å². The summed E-state index contributed by atoms with van der Waals surface area (Å²) in [6, 6.07) is 24.0. The standard InChI is InChI=1S/C30H37N3O4S/c1-23-15-17-27(18-16-23)33(38(4,36)37)19-9-14-29(34)32(22-26-13-8-10-24(2)20-26)28(30(35)31-3)21-25-11-6-5-7-12-25/h5-8,10-13,15-18,20,28H,9,14,19,21-22H2,1-4H3,(H,31,35)/t28-/m0/s1. The van der Waals surface area contributed by atoms with Crippen LogP contribution in [0.25, 0.3) is 0 Å². The van der Waals surface area contributed by atoms with Gasteiger partial charge in [-0.05, 0) is 43.5 Å². The molecular weight excluding hydrogens is 498 g/mol. The van der Waals surface area contributed by atoms with Crippen molar-refractivity contribution in [1.82, 2.24) is 10.2 Å². The summed E-state index contributed by atoms with van der Waals surface area (Å²) >= 11 is 0. The monoisotopic (exact) mass is 535 g/mol. The molecule has 0 aliphatic carbocycles. The second-order valence-electron chi connectivity index (χ2n) is 9.60. The van der Waals surface area contributed by atoms with Gasteiger partial charge in [-0.15, -0.1) is 0 Å². The highest BCUT2D eigenvalue weighted by Crippen LogP contribution is 2.21. The van der Waals surface area contributed by atoms with Gasteiger partial charge in [-0.3, -0.25) is 13.9 Å². The molecule has 0 aromatic heterocycles. The summed E-state index contributed by atoms with van der Waals surface area (Å²) in [4.78, 5) is 28.3. The molecule has 0 saturated heterocycles. The molecule has 0 heterocycles. The minimum Gasteiger partial charge on any atom is -0.357 e. The topological polar surface area (TPSA) is 86.8 Å². The zero-order valence-corrected chi connectivity index (χ0v) is 23.4. The predicted octanol–water partition coefficient (Wildman–Crippen LogP) is 4.24. The molecule has 0 aliphatic heterocycles. The van der Waals surface area contributed by atoms with E-state index in [2.05, 4.69) is 5.32 Å². The molecule has 0 unspecified atom stereocenters. The van der Waals surface area contributed by atoms with Crippen molar-refractivity contribution >= 4 is 27.5 Å². The number of carbonyl (C=O) groups excluding carboxylic acids is 2. The summed E-state index contributed by atoms with van der Waals surface area (Å²) in [7, 11) is -1.96. The third kappa shape index (κ3) is 8.18. The Morgan fingerprint density at radius 1 is 0.868 bits per heavy atom. The smallest absolute Gasteiger partial charge is 0.242 e. The van der Waals surface area contributed by atoms with Crippen LogP contribution in [-0.4, -0.2) is 51.0 Å². The van der Waals surface area contributed by atoms with Crippen molar-refractivity contribution in [2.75, 3.05) is 24.2 Å². The lowest BCUT2D eigenvalue weighted by Gasteiger charge is -2.31. The van der Waals surface area contributed by atoms with Crippen LogP contribution in [0, 0.1) is 13.8 Å². The van der Waals surface area contributed by atoms with Gasteiger partial charge in [0.2, 0.25) is 21.8 Å². The Bertz CT molecular complexity index is 1330. The van der Waals surface area contributed by atoms with Gasteiger partial charge in [0.25, 0.3) is 0 Å². The maximum Gasteiger partial charge on any atom is 0.242 e. The number of aryl methyl sites for hydroxylation is 2. The van der Waals surface area contributed by atoms with Gasteiger partial charge in [0.1, 0.15) is 6.04 Å². The fourth-order valence-corrected chi connectivity index (χ4v) is 5.41. The van der Waals surface area contributed by atoms with Gasteiger partial charge >= 0.3 is 0 Å². The van der Waals surface area contributed by atoms with Crippen LogP contribution in [0.15, 0.2) is 78.9 Å². The highest BCUT2D eigenvalue weighted by atomic mass is 32.2. The van der Waals surface area contributed by atoms with E-state index in [1.165, 1.54) is 10.6 Å². The molecular formula is C30H37N3O4S. The average molecular weight is 536 g/mol. The van der Waals surface area contributed by atoms with Crippen molar-refractivity contribution in [3.05, 3.63) is 101 Å². The number of rotatable bonds is 12. The van der Waals surface area contributed by atoms with Crippen LogP contribution in [0.2, 0.25) is 0 Å². The number of nitrogens with zero attached hydrogens (tertiary/aromatic N) is 2. The van der Waals surface area contributed by atoms with Crippen molar-refractivity contribution in [3.8, 4) is 0 Å². The summed E-state index contributed by atoms with van der Waals surface area (Å²) in [5, 5.41) is 2.72. The quantitative estimate of drug-likeness (QED) is 0.376. The Morgan fingerprint density at radius 3 is 2.13 bits per heavy atom. The van der Waals surface area contributed by atoms with E-state index in [4.69, 9.17) is 0 Å². The van der Waals surface area contributed by atoms with Gasteiger partial charge in [0.05, 0.1) is 11.9 Å². The van der Waals surface area contributed by atoms with Crippen LogP contribution >= 0.6 is 0 Å². The molecule has 1 N–H and O–H groups in total. The molecule has 3 aromatic carbocycles. The lowest BCUT2D eigenvalue weighted by Crippen LogP contribution is -2.49. The third-order valence-electron chi connectivity index (χ3n) is 6.43. The number of carbonyl (C=O) groups is 2. The van der Waals surface area contributed by atoms with Crippen LogP contribution < -0.4 is 9.62 Å². The summed E-state index contributed by atoms with van der Waals surface area (Å²) in [5.74, 6) is -0.444. The van der Waals surface area contributed by atoms with Crippen LogP contribution in [0.1, 0.15) is 35.1 Å². The van der Waals surface area contributed by atoms with Crippen molar-refractivity contribution in [2.24, 2.45) is 0 Å². The number of amides is 2. The number of anilines is 1. The maximum absolute atomic E-state index is 13.7. The molecule has 0 radical (unpaired) electrons. The minimum atomic E-state index is -3.53. The second-order valence-corrected chi connectivity index (χ2v) is 11.5. The number of hydrogen-bond acceptors (Lipinski definition) is 4. The van der Waals surface area contributed by atoms with Gasteiger partial charge in [-0.25, -0.2) is 8.42 Å². The number of likely N-dealkylation sites (N-methyl/N-ethyl adjacent to an activating group) is 1. The number of benzene rings is 3. The molecule has 202 valence electrons. The minimum absolute atomic E-state index is 0.103. The molecule has 7 nitrogen and oxygen atoms in total. The average Bonchev–Trinajstić information content (AvgIpc) is 2.88. The Hall–Kier alpha value is -3.65. The molecule has 2 amide bonds. The van der Waals surface area contributed by atoms with Crippen molar-refractivity contribution in [1.29, 1.82) is 0 Å². The SMILES string of the molecule is CNC(=O)[C@H](Cc1ccccc1)N(Cc1cccc(C)c1)C(=O)CCCN(c1ccc(C)cc1)S(C)(=O)=O. The molecule has 3 aromatic rings. The van der Waals surface area contributed by atoms with Gasteiger partial charge in [-0.1, -0.05) is 77.9 Å². The summed E-state index contributed by atoms with van der Waals surface area (Å²) in [5.41, 5.74) is 4.54. The molecule has 0 saturated carbocycles. The van der Waals surface area contributed by atoms with E-state index in [0.29, 0.717) is 18.5 Å². The number of hydrogen-bond donors (Lipinski definition) is 1. The van der Waals surface area contributed by atoms with Crippen molar-refractivity contribution in [3.63, 3.8) is 0 Å². The van der Waals surface area contributed by atoms with Crippen LogP contribution in [0.3, 0.4) is 0 Å². The summed E-state index contributed by atoms with van der Waals surface area (Å²) < 4.78 is 26.4. The third-order valence-corrected chi connectivity index (χ3v) is 7.62. The Kier molecular flexibility index (Phi) is 10.1. The first-order valence-corrected chi connectivity index (χ1v) is 14.6. The summed E-state index contributed by atoms with van der Waals surface area (Å²) in [6.07, 6.45) is 1.96. The van der Waals surface area contributed by atoms with E-state index in [0.717, 1.165) is 22.3 Å².